The molecule has 0 bridgehead atoms. The molecule has 0 spiro atoms. The van der Waals surface area contributed by atoms with Crippen molar-refractivity contribution in [3.63, 3.8) is 0 Å². The first-order valence-electron chi connectivity index (χ1n) is 9.30. The molecule has 2 aromatic heterocycles. The Bertz CT molecular complexity index is 1280. The Kier molecular flexibility index (Phi) is 4.26. The van der Waals surface area contributed by atoms with E-state index in [2.05, 4.69) is 6.07 Å². The van der Waals surface area contributed by atoms with Crippen molar-refractivity contribution >= 4 is 11.3 Å². The standard InChI is InChI=1S/C22H17N3O4S/c1-12-7-18-20(22(26)25(12)10-14-3-2-6-30-14)19(15(9-23)21(24)29-18)13-4-5-16-17(8-13)28-11-27-16/h2-8,19H,10-11,24H2,1H3/t19-/m1/s1. The summed E-state index contributed by atoms with van der Waals surface area (Å²) >= 11 is 1.59. The van der Waals surface area contributed by atoms with Gasteiger partial charge in [-0.2, -0.15) is 5.26 Å². The number of nitrogens with zero attached hydrogens (tertiary/aromatic N) is 2. The monoisotopic (exact) mass is 419 g/mol. The van der Waals surface area contributed by atoms with Gasteiger partial charge in [-0.3, -0.25) is 4.79 Å². The predicted molar refractivity (Wildman–Crippen MR) is 111 cm³/mol. The van der Waals surface area contributed by atoms with E-state index in [1.165, 1.54) is 0 Å². The van der Waals surface area contributed by atoms with Crippen LogP contribution in [-0.4, -0.2) is 11.4 Å². The Morgan fingerprint density at radius 3 is 2.83 bits per heavy atom. The number of thiophene rings is 1. The number of rotatable bonds is 3. The number of benzene rings is 1. The van der Waals surface area contributed by atoms with E-state index in [0.717, 1.165) is 10.6 Å². The van der Waals surface area contributed by atoms with E-state index in [0.29, 0.717) is 34.9 Å². The smallest absolute Gasteiger partial charge is 0.259 e. The maximum absolute atomic E-state index is 13.6. The summed E-state index contributed by atoms with van der Waals surface area (Å²) in [4.78, 5) is 14.7. The van der Waals surface area contributed by atoms with Crippen LogP contribution in [0.1, 0.15) is 27.6 Å². The second kappa shape index (κ2) is 6.97. The molecule has 0 fully saturated rings. The number of nitrogens with two attached hydrogens (primary N) is 1. The van der Waals surface area contributed by atoms with Gasteiger partial charge in [0.25, 0.3) is 5.56 Å². The van der Waals surface area contributed by atoms with Gasteiger partial charge in [-0.25, -0.2) is 0 Å². The second-order valence-corrected chi connectivity index (χ2v) is 8.10. The predicted octanol–water partition coefficient (Wildman–Crippen LogP) is 3.21. The van der Waals surface area contributed by atoms with Crippen molar-refractivity contribution in [2.45, 2.75) is 19.4 Å². The van der Waals surface area contributed by atoms with Crippen LogP contribution in [0, 0.1) is 18.3 Å². The van der Waals surface area contributed by atoms with Crippen molar-refractivity contribution in [2.24, 2.45) is 5.73 Å². The minimum Gasteiger partial charge on any atom is -0.454 e. The average Bonchev–Trinajstić information content (AvgIpc) is 3.41. The van der Waals surface area contributed by atoms with Gasteiger partial charge in [0.1, 0.15) is 17.4 Å². The molecule has 4 heterocycles. The molecule has 2 aliphatic heterocycles. The van der Waals surface area contributed by atoms with Crippen molar-refractivity contribution in [3.8, 4) is 23.3 Å². The highest BCUT2D eigenvalue weighted by molar-refractivity contribution is 7.09. The molecule has 2 aliphatic rings. The number of hydrogen-bond acceptors (Lipinski definition) is 7. The van der Waals surface area contributed by atoms with Gasteiger partial charge in [0.05, 0.1) is 18.0 Å². The number of ether oxygens (including phenoxy) is 3. The summed E-state index contributed by atoms with van der Waals surface area (Å²) in [6.07, 6.45) is 0. The number of aromatic nitrogens is 1. The van der Waals surface area contributed by atoms with Crippen LogP contribution in [0.3, 0.4) is 0 Å². The molecule has 0 saturated heterocycles. The molecule has 0 unspecified atom stereocenters. The SMILES string of the molecule is Cc1cc2c(c(=O)n1Cc1cccs1)[C@H](c1ccc3c(c1)OCO3)C(C#N)=C(N)O2. The maximum Gasteiger partial charge on any atom is 0.259 e. The molecule has 0 amide bonds. The number of pyridine rings is 1. The van der Waals surface area contributed by atoms with E-state index in [4.69, 9.17) is 19.9 Å². The Balaban J connectivity index is 1.71. The van der Waals surface area contributed by atoms with E-state index in [1.54, 1.807) is 34.1 Å². The summed E-state index contributed by atoms with van der Waals surface area (Å²) < 4.78 is 18.3. The summed E-state index contributed by atoms with van der Waals surface area (Å²) in [5.41, 5.74) is 7.92. The van der Waals surface area contributed by atoms with Crippen molar-refractivity contribution in [1.82, 2.24) is 4.57 Å². The second-order valence-electron chi connectivity index (χ2n) is 7.07. The zero-order chi connectivity index (χ0) is 20.8. The van der Waals surface area contributed by atoms with Gasteiger partial charge in [0.2, 0.25) is 12.7 Å². The highest BCUT2D eigenvalue weighted by Gasteiger charge is 2.35. The molecular weight excluding hydrogens is 402 g/mol. The zero-order valence-corrected chi connectivity index (χ0v) is 16.9. The van der Waals surface area contributed by atoms with Crippen molar-refractivity contribution in [3.05, 3.63) is 85.3 Å². The van der Waals surface area contributed by atoms with Gasteiger partial charge < -0.3 is 24.5 Å². The van der Waals surface area contributed by atoms with Crippen LogP contribution in [0.5, 0.6) is 17.2 Å². The zero-order valence-electron chi connectivity index (χ0n) is 16.0. The van der Waals surface area contributed by atoms with Crippen LogP contribution in [0.2, 0.25) is 0 Å². The molecule has 30 heavy (non-hydrogen) atoms. The number of aryl methyl sites for hydroxylation is 1. The fraction of sp³-hybridized carbons (Fsp3) is 0.182. The lowest BCUT2D eigenvalue weighted by Gasteiger charge is -2.27. The van der Waals surface area contributed by atoms with Gasteiger partial charge in [0.15, 0.2) is 11.5 Å². The minimum atomic E-state index is -0.657. The van der Waals surface area contributed by atoms with Crippen molar-refractivity contribution < 1.29 is 14.2 Å². The van der Waals surface area contributed by atoms with Crippen LogP contribution in [0.15, 0.2) is 58.0 Å². The van der Waals surface area contributed by atoms with Gasteiger partial charge in [0, 0.05) is 16.6 Å². The first-order chi connectivity index (χ1) is 14.6. The molecule has 7 nitrogen and oxygen atoms in total. The molecule has 0 radical (unpaired) electrons. The van der Waals surface area contributed by atoms with Gasteiger partial charge in [-0.05, 0) is 36.1 Å². The number of allylic oxidation sites excluding steroid dienone is 1. The third kappa shape index (κ3) is 2.83. The number of hydrogen-bond donors (Lipinski definition) is 1. The number of fused-ring (bicyclic) bond motifs is 2. The summed E-state index contributed by atoms with van der Waals surface area (Å²) in [6.45, 7) is 2.44. The Morgan fingerprint density at radius 2 is 2.07 bits per heavy atom. The molecule has 1 atom stereocenters. The third-order valence-electron chi connectivity index (χ3n) is 5.31. The summed E-state index contributed by atoms with van der Waals surface area (Å²) in [7, 11) is 0. The summed E-state index contributed by atoms with van der Waals surface area (Å²) in [6, 6.07) is 13.2. The van der Waals surface area contributed by atoms with Crippen LogP contribution in [0.25, 0.3) is 0 Å². The molecular formula is C22H17N3O4S. The summed E-state index contributed by atoms with van der Waals surface area (Å²) in [5.74, 6) is 0.917. The molecule has 5 rings (SSSR count). The van der Waals surface area contributed by atoms with E-state index >= 15 is 0 Å². The topological polar surface area (TPSA) is 99.5 Å². The molecule has 3 aromatic rings. The van der Waals surface area contributed by atoms with Gasteiger partial charge >= 0.3 is 0 Å². The third-order valence-corrected chi connectivity index (χ3v) is 6.18. The number of nitriles is 1. The molecule has 150 valence electrons. The van der Waals surface area contributed by atoms with Crippen LogP contribution in [0.4, 0.5) is 0 Å². The summed E-state index contributed by atoms with van der Waals surface area (Å²) in [5, 5.41) is 11.8. The van der Waals surface area contributed by atoms with Crippen LogP contribution in [-0.2, 0) is 6.54 Å². The first kappa shape index (κ1) is 18.3. The fourth-order valence-corrected chi connectivity index (χ4v) is 4.56. The van der Waals surface area contributed by atoms with E-state index in [9.17, 15) is 10.1 Å². The first-order valence-corrected chi connectivity index (χ1v) is 10.2. The lowest BCUT2D eigenvalue weighted by molar-refractivity contribution is 0.174. The molecule has 2 N–H and O–H groups in total. The Labute approximate surface area is 176 Å². The molecule has 1 aromatic carbocycles. The van der Waals surface area contributed by atoms with E-state index in [1.807, 2.05) is 30.5 Å². The Hall–Kier alpha value is -3.70. The van der Waals surface area contributed by atoms with Gasteiger partial charge in [-0.15, -0.1) is 11.3 Å². The lowest BCUT2D eigenvalue weighted by Crippen LogP contribution is -2.32. The molecule has 0 saturated carbocycles. The molecule has 8 heteroatoms. The Morgan fingerprint density at radius 1 is 1.23 bits per heavy atom. The molecule has 0 aliphatic carbocycles. The fourth-order valence-electron chi connectivity index (χ4n) is 3.87. The van der Waals surface area contributed by atoms with Crippen molar-refractivity contribution in [2.75, 3.05) is 6.79 Å². The highest BCUT2D eigenvalue weighted by Crippen LogP contribution is 2.43. The normalized spacial score (nSPS) is 16.7. The minimum absolute atomic E-state index is 0.00229. The van der Waals surface area contributed by atoms with Crippen molar-refractivity contribution in [1.29, 1.82) is 5.26 Å². The van der Waals surface area contributed by atoms with E-state index in [-0.39, 0.29) is 23.8 Å². The lowest BCUT2D eigenvalue weighted by atomic mass is 9.84. The van der Waals surface area contributed by atoms with Crippen LogP contribution < -0.4 is 25.5 Å². The highest BCUT2D eigenvalue weighted by atomic mass is 32.1. The van der Waals surface area contributed by atoms with Gasteiger partial charge in [-0.1, -0.05) is 12.1 Å². The quantitative estimate of drug-likeness (QED) is 0.700. The average molecular weight is 419 g/mol. The van der Waals surface area contributed by atoms with E-state index < -0.39 is 5.92 Å². The largest absolute Gasteiger partial charge is 0.454 e. The maximum atomic E-state index is 13.6. The van der Waals surface area contributed by atoms with Crippen LogP contribution >= 0.6 is 11.3 Å².